The molecule has 1 aromatic carbocycles. The maximum atomic E-state index is 13.5. The topological polar surface area (TPSA) is 89.0 Å². The van der Waals surface area contributed by atoms with Crippen LogP contribution in [0.5, 0.6) is 5.75 Å². The van der Waals surface area contributed by atoms with Crippen molar-refractivity contribution in [2.45, 2.75) is 51.6 Å². The molecule has 2 N–H and O–H groups in total. The number of nitrogens with two attached hydrogens (primary N) is 1. The average Bonchev–Trinajstić information content (AvgIpc) is 3.44. The highest BCUT2D eigenvalue weighted by atomic mass is 16.5. The summed E-state index contributed by atoms with van der Waals surface area (Å²) in [5.41, 5.74) is 9.54. The minimum Gasteiger partial charge on any atom is -0.494 e. The second-order valence-electron chi connectivity index (χ2n) is 9.09. The van der Waals surface area contributed by atoms with Crippen molar-refractivity contribution in [2.24, 2.45) is 5.73 Å². The number of ether oxygens (including phenoxy) is 1. The fraction of sp³-hybridized carbons (Fsp3) is 0.480. The zero-order valence-corrected chi connectivity index (χ0v) is 19.4. The molecule has 8 heteroatoms. The number of benzene rings is 1. The van der Waals surface area contributed by atoms with Crippen LogP contribution < -0.4 is 15.4 Å². The van der Waals surface area contributed by atoms with Gasteiger partial charge in [-0.05, 0) is 57.7 Å². The molecule has 2 saturated heterocycles. The highest BCUT2D eigenvalue weighted by molar-refractivity contribution is 5.95. The van der Waals surface area contributed by atoms with Crippen LogP contribution in [0.2, 0.25) is 0 Å². The first-order valence-corrected chi connectivity index (χ1v) is 11.9. The molecule has 0 saturated carbocycles. The van der Waals surface area contributed by atoms with Gasteiger partial charge in [0.1, 0.15) is 11.6 Å². The Labute approximate surface area is 194 Å². The van der Waals surface area contributed by atoms with Gasteiger partial charge >= 0.3 is 0 Å². The van der Waals surface area contributed by atoms with Crippen LogP contribution in [-0.4, -0.2) is 57.7 Å². The first kappa shape index (κ1) is 21.7. The Morgan fingerprint density at radius 2 is 2.09 bits per heavy atom. The van der Waals surface area contributed by atoms with Gasteiger partial charge in [0, 0.05) is 49.1 Å². The summed E-state index contributed by atoms with van der Waals surface area (Å²) in [5, 5.41) is 4.85. The number of anilines is 1. The summed E-state index contributed by atoms with van der Waals surface area (Å²) in [4.78, 5) is 22.6. The Morgan fingerprint density at radius 1 is 1.21 bits per heavy atom. The van der Waals surface area contributed by atoms with E-state index in [1.54, 1.807) is 0 Å². The molecule has 5 rings (SSSR count). The smallest absolute Gasteiger partial charge is 0.254 e. The minimum absolute atomic E-state index is 0.0224. The van der Waals surface area contributed by atoms with Crippen LogP contribution in [0.4, 0.5) is 5.82 Å². The van der Waals surface area contributed by atoms with Gasteiger partial charge < -0.3 is 20.3 Å². The number of aromatic nitrogens is 3. The number of nitrogens with zero attached hydrogens (tertiary/aromatic N) is 5. The maximum absolute atomic E-state index is 13.5. The third-order valence-electron chi connectivity index (χ3n) is 6.65. The van der Waals surface area contributed by atoms with E-state index in [0.717, 1.165) is 73.8 Å². The van der Waals surface area contributed by atoms with Crippen LogP contribution in [0, 0.1) is 6.92 Å². The molecule has 0 bridgehead atoms. The molecule has 2 aliphatic heterocycles. The molecule has 2 atom stereocenters. The number of hydrogen-bond donors (Lipinski definition) is 1. The van der Waals surface area contributed by atoms with Crippen molar-refractivity contribution in [2.75, 3.05) is 31.1 Å². The van der Waals surface area contributed by atoms with Crippen LogP contribution in [0.3, 0.4) is 0 Å². The van der Waals surface area contributed by atoms with Crippen LogP contribution in [0.25, 0.3) is 5.65 Å². The average molecular weight is 449 g/mol. The van der Waals surface area contributed by atoms with E-state index >= 15 is 0 Å². The van der Waals surface area contributed by atoms with Gasteiger partial charge in [-0.3, -0.25) is 4.79 Å². The monoisotopic (exact) mass is 448 g/mol. The lowest BCUT2D eigenvalue weighted by Gasteiger charge is -2.34. The summed E-state index contributed by atoms with van der Waals surface area (Å²) in [6.45, 7) is 7.06. The lowest BCUT2D eigenvalue weighted by atomic mass is 9.98. The molecule has 174 valence electrons. The molecule has 2 fully saturated rings. The summed E-state index contributed by atoms with van der Waals surface area (Å²) in [6, 6.07) is 9.62. The molecular weight excluding hydrogens is 416 g/mol. The van der Waals surface area contributed by atoms with E-state index in [4.69, 9.17) is 20.6 Å². The number of carbonyl (C=O) groups excluding carboxylic acids is 1. The largest absolute Gasteiger partial charge is 0.494 e. The maximum Gasteiger partial charge on any atom is 0.254 e. The minimum atomic E-state index is -0.0623. The molecule has 0 spiro atoms. The predicted molar refractivity (Wildman–Crippen MR) is 128 cm³/mol. The Balaban J connectivity index is 1.44. The normalized spacial score (nSPS) is 21.1. The quantitative estimate of drug-likeness (QED) is 0.644. The van der Waals surface area contributed by atoms with Gasteiger partial charge in [0.25, 0.3) is 5.91 Å². The van der Waals surface area contributed by atoms with E-state index in [2.05, 4.69) is 11.8 Å². The molecule has 2 aliphatic rings. The molecule has 3 aromatic rings. The van der Waals surface area contributed by atoms with Crippen molar-refractivity contribution in [3.8, 4) is 5.75 Å². The predicted octanol–water partition coefficient (Wildman–Crippen LogP) is 3.34. The molecule has 2 unspecified atom stereocenters. The highest BCUT2D eigenvalue weighted by Gasteiger charge is 2.31. The summed E-state index contributed by atoms with van der Waals surface area (Å²) in [6.07, 6.45) is 5.99. The van der Waals surface area contributed by atoms with Crippen molar-refractivity contribution in [1.82, 2.24) is 19.5 Å². The molecular formula is C25H32N6O2. The highest BCUT2D eigenvalue weighted by Crippen LogP contribution is 2.33. The van der Waals surface area contributed by atoms with Gasteiger partial charge in [0.05, 0.1) is 18.3 Å². The third kappa shape index (κ3) is 4.27. The Hall–Kier alpha value is -3.13. The van der Waals surface area contributed by atoms with E-state index in [0.29, 0.717) is 12.2 Å². The standard InChI is InChI=1S/C25H32N6O2/c1-3-33-20-8-6-7-18(13-20)25(32)30-11-5-4-9-22(30)21-14-23-27-24(17(2)15-31(23)28-21)29-12-10-19(26)16-29/h6-8,13-15,19,22H,3-5,9-12,16,26H2,1-2H3. The summed E-state index contributed by atoms with van der Waals surface area (Å²) in [5.74, 6) is 1.72. The van der Waals surface area contributed by atoms with Crippen LogP contribution in [0.1, 0.15) is 60.3 Å². The van der Waals surface area contributed by atoms with Crippen LogP contribution >= 0.6 is 0 Å². The lowest BCUT2D eigenvalue weighted by Crippen LogP contribution is -2.38. The molecule has 4 heterocycles. The second kappa shape index (κ2) is 9.02. The van der Waals surface area contributed by atoms with Crippen molar-refractivity contribution in [3.63, 3.8) is 0 Å². The van der Waals surface area contributed by atoms with Crippen molar-refractivity contribution in [3.05, 3.63) is 53.3 Å². The molecule has 2 aromatic heterocycles. The number of fused-ring (bicyclic) bond motifs is 1. The number of carbonyl (C=O) groups is 1. The van der Waals surface area contributed by atoms with Crippen molar-refractivity contribution < 1.29 is 9.53 Å². The Kier molecular flexibility index (Phi) is 5.93. The Bertz CT molecular complexity index is 1160. The van der Waals surface area contributed by atoms with Gasteiger partial charge in [-0.15, -0.1) is 0 Å². The van der Waals surface area contributed by atoms with E-state index in [1.165, 1.54) is 0 Å². The van der Waals surface area contributed by atoms with Crippen molar-refractivity contribution in [1.29, 1.82) is 0 Å². The van der Waals surface area contributed by atoms with Crippen LogP contribution in [-0.2, 0) is 0 Å². The zero-order valence-electron chi connectivity index (χ0n) is 19.4. The fourth-order valence-corrected chi connectivity index (χ4v) is 5.02. The molecule has 1 amide bonds. The first-order chi connectivity index (χ1) is 16.0. The Morgan fingerprint density at radius 3 is 2.88 bits per heavy atom. The number of aryl methyl sites for hydroxylation is 1. The van der Waals surface area contributed by atoms with Crippen molar-refractivity contribution >= 4 is 17.4 Å². The van der Waals surface area contributed by atoms with Gasteiger partial charge in [0.2, 0.25) is 0 Å². The summed E-state index contributed by atoms with van der Waals surface area (Å²) in [7, 11) is 0. The van der Waals surface area contributed by atoms with Gasteiger partial charge in [-0.2, -0.15) is 5.10 Å². The third-order valence-corrected chi connectivity index (χ3v) is 6.65. The van der Waals surface area contributed by atoms with E-state index in [1.807, 2.05) is 52.9 Å². The van der Waals surface area contributed by atoms with E-state index in [9.17, 15) is 4.79 Å². The number of likely N-dealkylation sites (tertiary alicyclic amines) is 1. The van der Waals surface area contributed by atoms with Crippen LogP contribution in [0.15, 0.2) is 36.5 Å². The first-order valence-electron chi connectivity index (χ1n) is 11.9. The number of hydrogen-bond acceptors (Lipinski definition) is 6. The van der Waals surface area contributed by atoms with E-state index < -0.39 is 0 Å². The number of amides is 1. The molecule has 0 aliphatic carbocycles. The molecule has 33 heavy (non-hydrogen) atoms. The molecule has 0 radical (unpaired) electrons. The molecule has 8 nitrogen and oxygen atoms in total. The SMILES string of the molecule is CCOc1cccc(C(=O)N2CCCCC2c2cc3nc(N4CCC(N)C4)c(C)cn3n2)c1. The van der Waals surface area contributed by atoms with Gasteiger partial charge in [-0.1, -0.05) is 6.07 Å². The second-order valence-corrected chi connectivity index (χ2v) is 9.09. The fourth-order valence-electron chi connectivity index (χ4n) is 5.02. The summed E-state index contributed by atoms with van der Waals surface area (Å²) >= 11 is 0. The summed E-state index contributed by atoms with van der Waals surface area (Å²) < 4.78 is 7.44. The number of rotatable bonds is 5. The zero-order chi connectivity index (χ0) is 22.9. The van der Waals surface area contributed by atoms with Gasteiger partial charge in [-0.25, -0.2) is 9.50 Å². The number of piperidine rings is 1. The van der Waals surface area contributed by atoms with E-state index in [-0.39, 0.29) is 18.0 Å². The van der Waals surface area contributed by atoms with Gasteiger partial charge in [0.15, 0.2) is 5.65 Å². The lowest BCUT2D eigenvalue weighted by molar-refractivity contribution is 0.0605.